The molecule has 1 N–H and O–H groups in total. The first kappa shape index (κ1) is 11.9. The Morgan fingerprint density at radius 1 is 1.50 bits per heavy atom. The molecule has 4 nitrogen and oxygen atoms in total. The molecule has 1 saturated carbocycles. The molecule has 0 atom stereocenters. The van der Waals surface area contributed by atoms with Crippen molar-refractivity contribution in [1.29, 1.82) is 0 Å². The summed E-state index contributed by atoms with van der Waals surface area (Å²) in [6.07, 6.45) is 2.68. The van der Waals surface area contributed by atoms with E-state index in [1.165, 1.54) is 12.8 Å². The Morgan fingerprint density at radius 2 is 2.28 bits per heavy atom. The topological polar surface area (TPSA) is 36.9 Å². The molecular weight excluding hydrogens is 244 g/mol. The zero-order chi connectivity index (χ0) is 12.7. The van der Waals surface area contributed by atoms with Gasteiger partial charge in [0, 0.05) is 24.8 Å². The second kappa shape index (κ2) is 4.48. The Bertz CT molecular complexity index is 623. The summed E-state index contributed by atoms with van der Waals surface area (Å²) in [6, 6.07) is 4.85. The number of rotatable bonds is 4. The van der Waals surface area contributed by atoms with Gasteiger partial charge in [-0.2, -0.15) is 0 Å². The van der Waals surface area contributed by atoms with E-state index in [1.54, 1.807) is 0 Å². The van der Waals surface area contributed by atoms with Crippen LogP contribution in [-0.2, 0) is 6.54 Å². The van der Waals surface area contributed by atoms with Crippen LogP contribution in [0.2, 0.25) is 0 Å². The molecule has 1 aliphatic carbocycles. The van der Waals surface area contributed by atoms with Crippen molar-refractivity contribution in [1.82, 2.24) is 19.4 Å². The largest absolute Gasteiger partial charge is 0.329 e. The normalized spacial score (nSPS) is 15.7. The summed E-state index contributed by atoms with van der Waals surface area (Å²) in [5.41, 5.74) is 3.03. The molecule has 96 valence electrons. The van der Waals surface area contributed by atoms with Crippen LogP contribution < -0.4 is 0 Å². The van der Waals surface area contributed by atoms with E-state index in [9.17, 15) is 0 Å². The molecule has 0 unspecified atom stereocenters. The highest BCUT2D eigenvalue weighted by Gasteiger charge is 2.25. The lowest BCUT2D eigenvalue weighted by Crippen LogP contribution is -2.25. The van der Waals surface area contributed by atoms with Gasteiger partial charge in [0.1, 0.15) is 0 Å². The minimum atomic E-state index is 0.771. The molecule has 0 aromatic carbocycles. The number of fused-ring (bicyclic) bond motifs is 1. The molecule has 0 radical (unpaired) electrons. The molecule has 2 aromatic heterocycles. The van der Waals surface area contributed by atoms with Gasteiger partial charge >= 0.3 is 0 Å². The first-order valence-corrected chi connectivity index (χ1v) is 6.82. The Kier molecular flexibility index (Phi) is 2.95. The summed E-state index contributed by atoms with van der Waals surface area (Å²) in [6.45, 7) is 3.94. The smallest absolute Gasteiger partial charge is 0.179 e. The maximum Gasteiger partial charge on any atom is 0.179 e. The molecule has 5 heteroatoms. The van der Waals surface area contributed by atoms with Crippen molar-refractivity contribution in [3.8, 4) is 0 Å². The number of nitrogens with one attached hydrogen (secondary N) is 1. The summed E-state index contributed by atoms with van der Waals surface area (Å²) in [7, 11) is 2.19. The van der Waals surface area contributed by atoms with Crippen molar-refractivity contribution >= 4 is 23.4 Å². The fourth-order valence-electron chi connectivity index (χ4n) is 2.29. The van der Waals surface area contributed by atoms with Crippen LogP contribution in [0.15, 0.2) is 12.1 Å². The average molecular weight is 262 g/mol. The number of aryl methyl sites for hydroxylation is 1. The van der Waals surface area contributed by atoms with Gasteiger partial charge in [0.25, 0.3) is 0 Å². The van der Waals surface area contributed by atoms with Gasteiger partial charge < -0.3 is 14.5 Å². The lowest BCUT2D eigenvalue weighted by atomic mass is 10.3. The predicted molar refractivity (Wildman–Crippen MR) is 75.3 cm³/mol. The fraction of sp³-hybridized carbons (Fsp3) is 0.538. The van der Waals surface area contributed by atoms with E-state index in [0.717, 1.165) is 40.8 Å². The lowest BCUT2D eigenvalue weighted by Gasteiger charge is -2.15. The summed E-state index contributed by atoms with van der Waals surface area (Å²) in [4.78, 5) is 10.2. The van der Waals surface area contributed by atoms with Crippen LogP contribution in [0.25, 0.3) is 11.2 Å². The van der Waals surface area contributed by atoms with Crippen LogP contribution in [0.1, 0.15) is 18.5 Å². The Morgan fingerprint density at radius 3 is 3.00 bits per heavy atom. The molecule has 18 heavy (non-hydrogen) atoms. The molecule has 1 aliphatic rings. The first-order valence-electron chi connectivity index (χ1n) is 6.41. The van der Waals surface area contributed by atoms with Crippen LogP contribution in [0.5, 0.6) is 0 Å². The molecule has 1 fully saturated rings. The SMILES string of the molecule is Cc1ccc2[nH]c(=S)n(CCN(C)C3CC3)c2n1. The number of hydrogen-bond acceptors (Lipinski definition) is 3. The van der Waals surface area contributed by atoms with E-state index in [1.807, 2.05) is 13.0 Å². The van der Waals surface area contributed by atoms with E-state index in [0.29, 0.717) is 0 Å². The third kappa shape index (κ3) is 2.20. The van der Waals surface area contributed by atoms with Gasteiger partial charge in [0.2, 0.25) is 0 Å². The number of H-pyrrole nitrogens is 1. The minimum Gasteiger partial charge on any atom is -0.329 e. The Labute approximate surface area is 112 Å². The first-order chi connectivity index (χ1) is 8.65. The van der Waals surface area contributed by atoms with Crippen molar-refractivity contribution in [2.24, 2.45) is 0 Å². The van der Waals surface area contributed by atoms with Crippen LogP contribution in [0.4, 0.5) is 0 Å². The number of imidazole rings is 1. The predicted octanol–water partition coefficient (Wildman–Crippen LogP) is 2.50. The number of hydrogen-bond donors (Lipinski definition) is 1. The van der Waals surface area contributed by atoms with Gasteiger partial charge in [-0.3, -0.25) is 0 Å². The van der Waals surface area contributed by atoms with Crippen molar-refractivity contribution in [2.75, 3.05) is 13.6 Å². The maximum atomic E-state index is 5.38. The monoisotopic (exact) mass is 262 g/mol. The summed E-state index contributed by atoms with van der Waals surface area (Å²) in [5, 5.41) is 0. The van der Waals surface area contributed by atoms with Crippen LogP contribution in [0, 0.1) is 11.7 Å². The van der Waals surface area contributed by atoms with Crippen LogP contribution in [0.3, 0.4) is 0 Å². The van der Waals surface area contributed by atoms with Gasteiger partial charge in [-0.15, -0.1) is 0 Å². The highest BCUT2D eigenvalue weighted by Crippen LogP contribution is 2.25. The van der Waals surface area contributed by atoms with Gasteiger partial charge in [-0.05, 0) is 51.2 Å². The van der Waals surface area contributed by atoms with Gasteiger partial charge in [0.05, 0.1) is 5.52 Å². The summed E-state index contributed by atoms with van der Waals surface area (Å²) < 4.78 is 2.88. The molecule has 0 amide bonds. The van der Waals surface area contributed by atoms with Crippen LogP contribution >= 0.6 is 12.2 Å². The van der Waals surface area contributed by atoms with Crippen molar-refractivity contribution in [3.63, 3.8) is 0 Å². The van der Waals surface area contributed by atoms with Gasteiger partial charge in [0.15, 0.2) is 10.4 Å². The molecule has 0 aliphatic heterocycles. The van der Waals surface area contributed by atoms with Crippen LogP contribution in [-0.4, -0.2) is 39.1 Å². The second-order valence-electron chi connectivity index (χ2n) is 5.12. The van der Waals surface area contributed by atoms with Gasteiger partial charge in [-0.25, -0.2) is 4.98 Å². The molecule has 2 aromatic rings. The van der Waals surface area contributed by atoms with E-state index in [2.05, 4.69) is 32.5 Å². The van der Waals surface area contributed by atoms with E-state index < -0.39 is 0 Å². The number of pyridine rings is 1. The maximum absolute atomic E-state index is 5.38. The Balaban J connectivity index is 1.87. The van der Waals surface area contributed by atoms with Crippen molar-refractivity contribution < 1.29 is 0 Å². The van der Waals surface area contributed by atoms with E-state index >= 15 is 0 Å². The van der Waals surface area contributed by atoms with E-state index in [-0.39, 0.29) is 0 Å². The highest BCUT2D eigenvalue weighted by atomic mass is 32.1. The quantitative estimate of drug-likeness (QED) is 0.860. The van der Waals surface area contributed by atoms with Crippen molar-refractivity contribution in [2.45, 2.75) is 32.4 Å². The molecule has 0 bridgehead atoms. The molecule has 2 heterocycles. The molecule has 3 rings (SSSR count). The number of nitrogens with zero attached hydrogens (tertiary/aromatic N) is 3. The average Bonchev–Trinajstić information content (AvgIpc) is 3.12. The summed E-state index contributed by atoms with van der Waals surface area (Å²) >= 11 is 5.38. The van der Waals surface area contributed by atoms with Crippen molar-refractivity contribution in [3.05, 3.63) is 22.6 Å². The third-order valence-corrected chi connectivity index (χ3v) is 3.93. The standard InChI is InChI=1S/C13H18N4S/c1-9-3-6-11-12(14-9)17(13(18)15-11)8-7-16(2)10-4-5-10/h3,6,10H,4-5,7-8H2,1-2H3,(H,15,18). The fourth-order valence-corrected chi connectivity index (χ4v) is 2.58. The zero-order valence-corrected chi connectivity index (χ0v) is 11.6. The lowest BCUT2D eigenvalue weighted by molar-refractivity contribution is 0.310. The zero-order valence-electron chi connectivity index (χ0n) is 10.8. The molecular formula is C13H18N4S. The summed E-state index contributed by atoms with van der Waals surface area (Å²) in [5.74, 6) is 0. The molecule has 0 saturated heterocycles. The Hall–Kier alpha value is -1.20. The number of aromatic nitrogens is 3. The third-order valence-electron chi connectivity index (χ3n) is 3.60. The van der Waals surface area contributed by atoms with Gasteiger partial charge in [-0.1, -0.05) is 0 Å². The minimum absolute atomic E-state index is 0.771. The highest BCUT2D eigenvalue weighted by molar-refractivity contribution is 7.71. The second-order valence-corrected chi connectivity index (χ2v) is 5.50. The molecule has 0 spiro atoms. The van der Waals surface area contributed by atoms with E-state index in [4.69, 9.17) is 12.2 Å². The number of likely N-dealkylation sites (N-methyl/N-ethyl adjacent to an activating group) is 1. The number of aromatic amines is 1.